The van der Waals surface area contributed by atoms with Crippen LogP contribution in [0.4, 0.5) is 0 Å². The van der Waals surface area contributed by atoms with Crippen LogP contribution in [0.25, 0.3) is 0 Å². The Bertz CT molecular complexity index is 624. The molecule has 31 heavy (non-hydrogen) atoms. The number of nitrogens with one attached hydrogen (secondary N) is 2. The Morgan fingerprint density at radius 1 is 1.19 bits per heavy atom. The maximum Gasteiger partial charge on any atom is 0.327 e. The van der Waals surface area contributed by atoms with E-state index in [1.165, 1.54) is 4.90 Å². The molecule has 0 aromatic heterocycles. The Labute approximate surface area is 193 Å². The van der Waals surface area contributed by atoms with Crippen molar-refractivity contribution in [1.82, 2.24) is 15.5 Å². The fourth-order valence-corrected chi connectivity index (χ4v) is 4.10. The van der Waals surface area contributed by atoms with Gasteiger partial charge in [-0.3, -0.25) is 14.4 Å². The van der Waals surface area contributed by atoms with Crippen molar-refractivity contribution in [3.63, 3.8) is 0 Å². The molecule has 10 nitrogen and oxygen atoms in total. The van der Waals surface area contributed by atoms with Crippen LogP contribution in [0.2, 0.25) is 0 Å². The smallest absolute Gasteiger partial charge is 0.327 e. The predicted octanol–water partition coefficient (Wildman–Crippen LogP) is -0.829. The van der Waals surface area contributed by atoms with Crippen LogP contribution in [0.3, 0.4) is 0 Å². The summed E-state index contributed by atoms with van der Waals surface area (Å²) < 4.78 is 0. The fraction of sp³-hybridized carbons (Fsp3) is 0.789. The first-order valence-corrected chi connectivity index (χ1v) is 12.5. The zero-order valence-electron chi connectivity index (χ0n) is 17.9. The number of unbranched alkanes of at least 4 members (excludes halogenated alkanes) is 1. The second-order valence-corrected chi connectivity index (χ2v) is 8.86. The molecule has 1 fully saturated rings. The first-order valence-electron chi connectivity index (χ1n) is 10.5. The third-order valence-corrected chi connectivity index (χ3v) is 6.18. The van der Waals surface area contributed by atoms with Gasteiger partial charge in [0.25, 0.3) is 0 Å². The highest BCUT2D eigenvalue weighted by molar-refractivity contribution is 7.98. The van der Waals surface area contributed by atoms with E-state index in [1.54, 1.807) is 11.8 Å². The molecule has 0 aromatic carbocycles. The Morgan fingerprint density at radius 2 is 1.90 bits per heavy atom. The number of amides is 3. The number of thioether (sulfide) groups is 1. The number of likely N-dealkylation sites (tertiary alicyclic amines) is 1. The van der Waals surface area contributed by atoms with Crippen LogP contribution < -0.4 is 22.1 Å². The topological polar surface area (TPSA) is 168 Å². The van der Waals surface area contributed by atoms with Gasteiger partial charge in [-0.2, -0.15) is 24.4 Å². The van der Waals surface area contributed by atoms with Crippen LogP contribution in [0, 0.1) is 0 Å². The summed E-state index contributed by atoms with van der Waals surface area (Å²) in [5.41, 5.74) is 11.5. The highest BCUT2D eigenvalue weighted by Gasteiger charge is 2.38. The van der Waals surface area contributed by atoms with Gasteiger partial charge >= 0.3 is 5.97 Å². The third kappa shape index (κ3) is 8.87. The number of carbonyl (C=O) groups excluding carboxylic acids is 3. The lowest BCUT2D eigenvalue weighted by Gasteiger charge is -2.30. The SMILES string of the molecule is CSCCC(N)C(=O)NC(CCCCN)C(=O)N1CCCC1C(=O)NC(CS)C(=O)O. The van der Waals surface area contributed by atoms with Gasteiger partial charge in [0.05, 0.1) is 6.04 Å². The fourth-order valence-electron chi connectivity index (χ4n) is 3.36. The Balaban J connectivity index is 2.88. The van der Waals surface area contributed by atoms with E-state index in [-0.39, 0.29) is 11.7 Å². The van der Waals surface area contributed by atoms with Crippen molar-refractivity contribution in [3.05, 3.63) is 0 Å². The molecule has 0 radical (unpaired) electrons. The van der Waals surface area contributed by atoms with Crippen molar-refractivity contribution in [3.8, 4) is 0 Å². The van der Waals surface area contributed by atoms with E-state index in [9.17, 15) is 19.2 Å². The Hall–Kier alpha value is -1.50. The number of rotatable bonds is 14. The van der Waals surface area contributed by atoms with Crippen molar-refractivity contribution < 1.29 is 24.3 Å². The van der Waals surface area contributed by atoms with Gasteiger partial charge in [-0.25, -0.2) is 4.79 Å². The minimum atomic E-state index is -1.19. The first-order chi connectivity index (χ1) is 14.8. The molecule has 4 unspecified atom stereocenters. The number of aliphatic carboxylic acids is 1. The van der Waals surface area contributed by atoms with Gasteiger partial charge in [0.15, 0.2) is 0 Å². The van der Waals surface area contributed by atoms with Crippen LogP contribution >= 0.6 is 24.4 Å². The Morgan fingerprint density at radius 3 is 2.48 bits per heavy atom. The molecule has 1 saturated heterocycles. The molecule has 0 saturated carbocycles. The van der Waals surface area contributed by atoms with Gasteiger partial charge in [0, 0.05) is 12.3 Å². The van der Waals surface area contributed by atoms with Gasteiger partial charge in [0.2, 0.25) is 17.7 Å². The minimum Gasteiger partial charge on any atom is -0.480 e. The molecule has 0 spiro atoms. The van der Waals surface area contributed by atoms with Crippen molar-refractivity contribution >= 4 is 48.1 Å². The summed E-state index contributed by atoms with van der Waals surface area (Å²) >= 11 is 5.53. The molecule has 1 rings (SSSR count). The molecule has 3 amide bonds. The van der Waals surface area contributed by atoms with E-state index < -0.39 is 42.0 Å². The summed E-state index contributed by atoms with van der Waals surface area (Å²) in [7, 11) is 0. The Kier molecular flexibility index (Phi) is 12.9. The molecule has 12 heteroatoms. The summed E-state index contributed by atoms with van der Waals surface area (Å²) in [5, 5.41) is 14.3. The van der Waals surface area contributed by atoms with E-state index >= 15 is 0 Å². The molecule has 0 aromatic rings. The molecule has 7 N–H and O–H groups in total. The van der Waals surface area contributed by atoms with Crippen LogP contribution in [-0.2, 0) is 19.2 Å². The van der Waals surface area contributed by atoms with E-state index in [1.807, 2.05) is 6.26 Å². The number of hydrogen-bond donors (Lipinski definition) is 6. The molecular formula is C19H35N5O5S2. The molecule has 178 valence electrons. The molecule has 0 aliphatic carbocycles. The number of carbonyl (C=O) groups is 4. The van der Waals surface area contributed by atoms with Gasteiger partial charge in [0.1, 0.15) is 18.1 Å². The lowest BCUT2D eigenvalue weighted by Crippen LogP contribution is -2.57. The van der Waals surface area contributed by atoms with E-state index in [4.69, 9.17) is 16.6 Å². The standard InChI is InChI=1S/C19H35N5O5S2/c1-31-10-7-12(21)16(25)22-13(5-2-3-8-20)18(27)24-9-4-6-15(24)17(26)23-14(11-30)19(28)29/h12-15,30H,2-11,20-21H2,1H3,(H,22,25)(H,23,26)(H,28,29). The average Bonchev–Trinajstić information content (AvgIpc) is 3.24. The molecule has 1 heterocycles. The third-order valence-electron chi connectivity index (χ3n) is 5.17. The number of carboxylic acid groups (broad SMARTS) is 1. The van der Waals surface area contributed by atoms with Gasteiger partial charge in [-0.15, -0.1) is 0 Å². The van der Waals surface area contributed by atoms with Crippen LogP contribution in [0.1, 0.15) is 38.5 Å². The predicted molar refractivity (Wildman–Crippen MR) is 124 cm³/mol. The lowest BCUT2D eigenvalue weighted by molar-refractivity contribution is -0.144. The van der Waals surface area contributed by atoms with Crippen molar-refractivity contribution in [2.45, 2.75) is 62.7 Å². The van der Waals surface area contributed by atoms with E-state index in [2.05, 4.69) is 23.3 Å². The number of nitrogens with zero attached hydrogens (tertiary/aromatic N) is 1. The first kappa shape index (κ1) is 27.5. The monoisotopic (exact) mass is 477 g/mol. The maximum absolute atomic E-state index is 13.2. The molecule has 1 aliphatic heterocycles. The molecule has 1 aliphatic rings. The number of carboxylic acids is 1. The van der Waals surface area contributed by atoms with Crippen molar-refractivity contribution in [2.24, 2.45) is 11.5 Å². The largest absolute Gasteiger partial charge is 0.480 e. The van der Waals surface area contributed by atoms with Crippen molar-refractivity contribution in [2.75, 3.05) is 30.9 Å². The van der Waals surface area contributed by atoms with E-state index in [0.717, 1.165) is 5.75 Å². The highest BCUT2D eigenvalue weighted by atomic mass is 32.2. The molecular weight excluding hydrogens is 442 g/mol. The lowest BCUT2D eigenvalue weighted by atomic mass is 10.1. The molecule has 4 atom stereocenters. The summed E-state index contributed by atoms with van der Waals surface area (Å²) in [6.07, 6.45) is 5.17. The second kappa shape index (κ2) is 14.5. The maximum atomic E-state index is 13.2. The quantitative estimate of drug-likeness (QED) is 0.139. The number of nitrogens with two attached hydrogens (primary N) is 2. The summed E-state index contributed by atoms with van der Waals surface area (Å²) in [4.78, 5) is 51.0. The van der Waals surface area contributed by atoms with Crippen LogP contribution in [-0.4, -0.2) is 88.7 Å². The van der Waals surface area contributed by atoms with Crippen LogP contribution in [0.5, 0.6) is 0 Å². The second-order valence-electron chi connectivity index (χ2n) is 7.51. The summed E-state index contributed by atoms with van der Waals surface area (Å²) in [5.74, 6) is -1.82. The number of hydrogen-bond acceptors (Lipinski definition) is 8. The normalized spacial score (nSPS) is 18.8. The number of thiol groups is 1. The zero-order valence-corrected chi connectivity index (χ0v) is 19.6. The summed E-state index contributed by atoms with van der Waals surface area (Å²) in [6.45, 7) is 0.828. The van der Waals surface area contributed by atoms with E-state index in [0.29, 0.717) is 51.6 Å². The molecule has 0 bridgehead atoms. The summed E-state index contributed by atoms with van der Waals surface area (Å²) in [6, 6.07) is -3.45. The van der Waals surface area contributed by atoms with Crippen LogP contribution in [0.15, 0.2) is 0 Å². The van der Waals surface area contributed by atoms with Gasteiger partial charge in [-0.1, -0.05) is 0 Å². The average molecular weight is 478 g/mol. The van der Waals surface area contributed by atoms with Crippen molar-refractivity contribution in [1.29, 1.82) is 0 Å². The van der Waals surface area contributed by atoms with Gasteiger partial charge in [-0.05, 0) is 57.1 Å². The highest BCUT2D eigenvalue weighted by Crippen LogP contribution is 2.20. The minimum absolute atomic E-state index is 0.0621. The zero-order chi connectivity index (χ0) is 23.4. The van der Waals surface area contributed by atoms with Gasteiger partial charge < -0.3 is 32.1 Å².